The van der Waals surface area contributed by atoms with Crippen LogP contribution in [0.25, 0.3) is 0 Å². The fourth-order valence-corrected chi connectivity index (χ4v) is 2.73. The number of nitrogen functional groups attached to an aromatic ring is 1. The number of amides is 1. The number of hydrogen-bond acceptors (Lipinski definition) is 7. The number of H-pyrrole nitrogens is 1. The highest BCUT2D eigenvalue weighted by atomic mass is 16.2. The molecule has 0 spiro atoms. The number of rotatable bonds is 3. The molecule has 0 aliphatic carbocycles. The summed E-state index contributed by atoms with van der Waals surface area (Å²) >= 11 is 0. The van der Waals surface area contributed by atoms with Crippen LogP contribution in [0.2, 0.25) is 0 Å². The molecule has 1 aliphatic heterocycles. The number of carbonyl (C=O) groups excluding carboxylic acids is 1. The molecule has 0 radical (unpaired) electrons. The summed E-state index contributed by atoms with van der Waals surface area (Å²) in [7, 11) is 0. The zero-order chi connectivity index (χ0) is 17.1. The Kier molecular flexibility index (Phi) is 4.43. The minimum absolute atomic E-state index is 0.0423. The van der Waals surface area contributed by atoms with E-state index >= 15 is 0 Å². The number of nitrogens with one attached hydrogen (secondary N) is 2. The predicted molar refractivity (Wildman–Crippen MR) is 90.9 cm³/mol. The number of pyridine rings is 1. The van der Waals surface area contributed by atoms with Gasteiger partial charge < -0.3 is 21.7 Å². The normalized spacial score (nSPS) is 17.5. The van der Waals surface area contributed by atoms with E-state index in [4.69, 9.17) is 11.5 Å². The smallest absolute Gasteiger partial charge is 0.346 e. The van der Waals surface area contributed by atoms with Gasteiger partial charge in [0, 0.05) is 25.3 Å². The molecule has 0 bridgehead atoms. The van der Waals surface area contributed by atoms with E-state index in [0.29, 0.717) is 12.2 Å². The van der Waals surface area contributed by atoms with E-state index in [9.17, 15) is 9.59 Å². The summed E-state index contributed by atoms with van der Waals surface area (Å²) in [6, 6.07) is 3.27. The highest BCUT2D eigenvalue weighted by molar-refractivity contribution is 6.06. The summed E-state index contributed by atoms with van der Waals surface area (Å²) in [4.78, 5) is 36.3. The number of aromatic amines is 1. The molecule has 1 fully saturated rings. The maximum Gasteiger partial charge on any atom is 0.346 e. The van der Waals surface area contributed by atoms with Crippen LogP contribution < -0.4 is 27.4 Å². The SMILES string of the molecule is Nc1cccnc1C(=O)Nc1[nH]c(=O)ncc1N1CCCC(N)C1. The van der Waals surface area contributed by atoms with Gasteiger partial charge in [0.05, 0.1) is 17.6 Å². The number of anilines is 3. The van der Waals surface area contributed by atoms with Gasteiger partial charge in [0.25, 0.3) is 5.91 Å². The van der Waals surface area contributed by atoms with Gasteiger partial charge in [0.2, 0.25) is 0 Å². The van der Waals surface area contributed by atoms with Crippen LogP contribution in [-0.2, 0) is 0 Å². The molecule has 0 saturated carbocycles. The van der Waals surface area contributed by atoms with Crippen LogP contribution in [0.1, 0.15) is 23.3 Å². The third-order valence-electron chi connectivity index (χ3n) is 3.88. The van der Waals surface area contributed by atoms with Gasteiger partial charge in [-0.3, -0.25) is 9.78 Å². The summed E-state index contributed by atoms with van der Waals surface area (Å²) in [6.45, 7) is 1.40. The van der Waals surface area contributed by atoms with E-state index < -0.39 is 11.6 Å². The van der Waals surface area contributed by atoms with Gasteiger partial charge >= 0.3 is 5.69 Å². The second-order valence-corrected chi connectivity index (χ2v) is 5.69. The molecule has 1 amide bonds. The Morgan fingerprint density at radius 1 is 1.42 bits per heavy atom. The second kappa shape index (κ2) is 6.67. The van der Waals surface area contributed by atoms with E-state index in [0.717, 1.165) is 19.4 Å². The fourth-order valence-electron chi connectivity index (χ4n) is 2.73. The van der Waals surface area contributed by atoms with Crippen molar-refractivity contribution in [2.75, 3.05) is 29.0 Å². The van der Waals surface area contributed by atoms with Crippen molar-refractivity contribution in [1.29, 1.82) is 0 Å². The maximum atomic E-state index is 12.4. The predicted octanol–water partition coefficient (Wildman–Crippen LogP) is -0.0731. The lowest BCUT2D eigenvalue weighted by atomic mass is 10.1. The zero-order valence-electron chi connectivity index (χ0n) is 13.0. The van der Waals surface area contributed by atoms with Gasteiger partial charge in [0.1, 0.15) is 5.82 Å². The molecule has 24 heavy (non-hydrogen) atoms. The Morgan fingerprint density at radius 3 is 3.00 bits per heavy atom. The molecule has 126 valence electrons. The Morgan fingerprint density at radius 2 is 2.25 bits per heavy atom. The quantitative estimate of drug-likeness (QED) is 0.617. The fraction of sp³-hybridized carbons (Fsp3) is 0.333. The summed E-state index contributed by atoms with van der Waals surface area (Å²) in [5.74, 6) is -0.239. The molecular formula is C15H19N7O2. The van der Waals surface area contributed by atoms with Crippen molar-refractivity contribution in [2.45, 2.75) is 18.9 Å². The molecular weight excluding hydrogens is 310 g/mol. The summed E-state index contributed by atoms with van der Waals surface area (Å²) < 4.78 is 0. The van der Waals surface area contributed by atoms with Crippen LogP contribution in [0.3, 0.4) is 0 Å². The first kappa shape index (κ1) is 15.9. The van der Waals surface area contributed by atoms with Crippen LogP contribution in [0.15, 0.2) is 29.3 Å². The first-order valence-corrected chi connectivity index (χ1v) is 7.66. The number of nitrogens with zero attached hydrogens (tertiary/aromatic N) is 3. The van der Waals surface area contributed by atoms with Crippen molar-refractivity contribution in [3.63, 3.8) is 0 Å². The molecule has 9 nitrogen and oxygen atoms in total. The lowest BCUT2D eigenvalue weighted by Crippen LogP contribution is -2.43. The zero-order valence-corrected chi connectivity index (χ0v) is 13.0. The summed E-state index contributed by atoms with van der Waals surface area (Å²) in [5.41, 5.74) is 12.2. The molecule has 3 rings (SSSR count). The first-order chi connectivity index (χ1) is 11.5. The van der Waals surface area contributed by atoms with E-state index in [-0.39, 0.29) is 23.2 Å². The standard InChI is InChI=1S/C15H19N7O2/c16-9-3-2-6-22(8-9)11-7-19-15(24)21-13(11)20-14(23)12-10(17)4-1-5-18-12/h1,4-5,7,9H,2-3,6,8,16-17H2,(H2,19,20,21,23,24). The Balaban J connectivity index is 1.90. The largest absolute Gasteiger partial charge is 0.397 e. The number of aromatic nitrogens is 3. The topological polar surface area (TPSA) is 143 Å². The van der Waals surface area contributed by atoms with E-state index in [2.05, 4.69) is 20.3 Å². The van der Waals surface area contributed by atoms with Crippen molar-refractivity contribution < 1.29 is 4.79 Å². The third kappa shape index (κ3) is 3.35. The minimum atomic E-state index is -0.552. The monoisotopic (exact) mass is 329 g/mol. The van der Waals surface area contributed by atoms with Crippen LogP contribution >= 0.6 is 0 Å². The Labute approximate surface area is 138 Å². The Bertz CT molecular complexity index is 804. The van der Waals surface area contributed by atoms with Gasteiger partial charge in [-0.05, 0) is 25.0 Å². The second-order valence-electron chi connectivity index (χ2n) is 5.69. The molecule has 2 aromatic rings. The van der Waals surface area contributed by atoms with Crippen molar-refractivity contribution in [3.05, 3.63) is 40.7 Å². The highest BCUT2D eigenvalue weighted by Crippen LogP contribution is 2.25. The lowest BCUT2D eigenvalue weighted by Gasteiger charge is -2.33. The van der Waals surface area contributed by atoms with Gasteiger partial charge in [-0.15, -0.1) is 0 Å². The average Bonchev–Trinajstić information content (AvgIpc) is 2.55. The Hall–Kier alpha value is -2.94. The molecule has 9 heteroatoms. The van der Waals surface area contributed by atoms with Crippen LogP contribution in [0.5, 0.6) is 0 Å². The number of carbonyl (C=O) groups is 1. The lowest BCUT2D eigenvalue weighted by molar-refractivity contribution is 0.102. The van der Waals surface area contributed by atoms with Crippen molar-refractivity contribution >= 4 is 23.1 Å². The van der Waals surface area contributed by atoms with Crippen molar-refractivity contribution in [1.82, 2.24) is 15.0 Å². The maximum absolute atomic E-state index is 12.4. The third-order valence-corrected chi connectivity index (χ3v) is 3.88. The molecule has 1 atom stereocenters. The molecule has 0 aromatic carbocycles. The number of hydrogen-bond donors (Lipinski definition) is 4. The minimum Gasteiger partial charge on any atom is -0.397 e. The highest BCUT2D eigenvalue weighted by Gasteiger charge is 2.22. The van der Waals surface area contributed by atoms with E-state index in [1.54, 1.807) is 12.1 Å². The van der Waals surface area contributed by atoms with Gasteiger partial charge in [-0.1, -0.05) is 0 Å². The van der Waals surface area contributed by atoms with E-state index in [1.807, 2.05) is 4.90 Å². The van der Waals surface area contributed by atoms with Crippen LogP contribution in [-0.4, -0.2) is 40.0 Å². The summed E-state index contributed by atoms with van der Waals surface area (Å²) in [5, 5.41) is 2.66. The number of piperidine rings is 1. The number of nitrogens with two attached hydrogens (primary N) is 2. The molecule has 1 unspecified atom stereocenters. The van der Waals surface area contributed by atoms with Crippen molar-refractivity contribution in [3.8, 4) is 0 Å². The van der Waals surface area contributed by atoms with Crippen molar-refractivity contribution in [2.24, 2.45) is 5.73 Å². The molecule has 2 aromatic heterocycles. The average molecular weight is 329 g/mol. The van der Waals surface area contributed by atoms with Gasteiger partial charge in [-0.25, -0.2) is 9.78 Å². The van der Waals surface area contributed by atoms with Crippen LogP contribution in [0, 0.1) is 0 Å². The first-order valence-electron chi connectivity index (χ1n) is 7.66. The van der Waals surface area contributed by atoms with Crippen LogP contribution in [0.4, 0.5) is 17.2 Å². The molecule has 6 N–H and O–H groups in total. The molecule has 1 saturated heterocycles. The van der Waals surface area contributed by atoms with E-state index in [1.165, 1.54) is 12.4 Å². The molecule has 3 heterocycles. The van der Waals surface area contributed by atoms with Gasteiger partial charge in [0.15, 0.2) is 5.69 Å². The summed E-state index contributed by atoms with van der Waals surface area (Å²) in [6.07, 6.45) is 4.79. The van der Waals surface area contributed by atoms with Gasteiger partial charge in [-0.2, -0.15) is 4.98 Å². The molecule has 1 aliphatic rings.